The van der Waals surface area contributed by atoms with E-state index in [0.717, 1.165) is 23.4 Å². The first-order valence-electron chi connectivity index (χ1n) is 8.65. The van der Waals surface area contributed by atoms with Crippen molar-refractivity contribution in [3.8, 4) is 5.75 Å². The molecule has 2 N–H and O–H groups in total. The van der Waals surface area contributed by atoms with Gasteiger partial charge in [-0.2, -0.15) is 4.98 Å². The van der Waals surface area contributed by atoms with Gasteiger partial charge in [0.05, 0.1) is 19.7 Å². The number of aliphatic imine (C=N–C) groups is 1. The molecule has 8 nitrogen and oxygen atoms in total. The van der Waals surface area contributed by atoms with Crippen molar-refractivity contribution in [3.05, 3.63) is 41.0 Å². The van der Waals surface area contributed by atoms with Gasteiger partial charge in [0, 0.05) is 19.2 Å². The first-order chi connectivity index (χ1) is 12.6. The second kappa shape index (κ2) is 12.5. The van der Waals surface area contributed by atoms with Crippen molar-refractivity contribution in [2.24, 2.45) is 4.99 Å². The Morgan fingerprint density at radius 2 is 2.04 bits per heavy atom. The number of nitrogens with zero attached hydrogens (tertiary/aromatic N) is 3. The number of nitrogens with one attached hydrogen (secondary N) is 2. The van der Waals surface area contributed by atoms with Gasteiger partial charge < -0.3 is 24.6 Å². The van der Waals surface area contributed by atoms with Gasteiger partial charge in [0.1, 0.15) is 12.4 Å². The Balaban J connectivity index is 0.00000364. The van der Waals surface area contributed by atoms with Gasteiger partial charge >= 0.3 is 0 Å². The molecule has 1 heterocycles. The summed E-state index contributed by atoms with van der Waals surface area (Å²) in [5, 5.41) is 10.2. The Hall–Kier alpha value is -1.88. The fraction of sp³-hybridized carbons (Fsp3) is 0.500. The molecule has 0 fully saturated rings. The highest BCUT2D eigenvalue weighted by Gasteiger charge is 2.07. The van der Waals surface area contributed by atoms with Crippen LogP contribution < -0.4 is 15.4 Å². The van der Waals surface area contributed by atoms with E-state index in [1.54, 1.807) is 14.0 Å². The van der Waals surface area contributed by atoms with Crippen LogP contribution in [0.25, 0.3) is 0 Å². The largest absolute Gasteiger partial charge is 0.491 e. The number of hydrogen-bond donors (Lipinski definition) is 2. The van der Waals surface area contributed by atoms with Gasteiger partial charge in [-0.05, 0) is 32.4 Å². The van der Waals surface area contributed by atoms with Crippen molar-refractivity contribution in [1.82, 2.24) is 20.8 Å². The van der Waals surface area contributed by atoms with E-state index in [1.807, 2.05) is 26.0 Å². The first kappa shape index (κ1) is 23.2. The predicted molar refractivity (Wildman–Crippen MR) is 115 cm³/mol. The average molecular weight is 489 g/mol. The molecule has 2 rings (SSSR count). The number of methoxy groups -OCH3 is 1. The summed E-state index contributed by atoms with van der Waals surface area (Å²) in [5.74, 6) is 2.63. The van der Waals surface area contributed by atoms with Crippen LogP contribution in [0.3, 0.4) is 0 Å². The van der Waals surface area contributed by atoms with Crippen molar-refractivity contribution < 1.29 is 14.0 Å². The van der Waals surface area contributed by atoms with Gasteiger partial charge in [-0.1, -0.05) is 17.3 Å². The summed E-state index contributed by atoms with van der Waals surface area (Å²) in [6.07, 6.45) is 0. The third-order valence-electron chi connectivity index (χ3n) is 3.50. The topological polar surface area (TPSA) is 93.8 Å². The molecule has 27 heavy (non-hydrogen) atoms. The zero-order chi connectivity index (χ0) is 18.8. The van der Waals surface area contributed by atoms with E-state index in [1.165, 1.54) is 0 Å². The molecular weight excluding hydrogens is 461 g/mol. The SMILES string of the molecule is CCNC(=NCc1ccc(C)cc1OCCOC)NCc1nc(C)no1.I. The lowest BCUT2D eigenvalue weighted by Crippen LogP contribution is -2.36. The fourth-order valence-electron chi connectivity index (χ4n) is 2.24. The third kappa shape index (κ3) is 8.12. The molecule has 0 aliphatic rings. The molecule has 150 valence electrons. The zero-order valence-electron chi connectivity index (χ0n) is 16.2. The molecule has 0 unspecified atom stereocenters. The number of aryl methyl sites for hydroxylation is 2. The Morgan fingerprint density at radius 3 is 2.70 bits per heavy atom. The Morgan fingerprint density at radius 1 is 1.22 bits per heavy atom. The highest BCUT2D eigenvalue weighted by Crippen LogP contribution is 2.21. The Bertz CT molecular complexity index is 721. The number of hydrogen-bond acceptors (Lipinski definition) is 6. The Kier molecular flexibility index (Phi) is 10.7. The van der Waals surface area contributed by atoms with E-state index in [9.17, 15) is 0 Å². The van der Waals surface area contributed by atoms with Crippen molar-refractivity contribution in [2.75, 3.05) is 26.9 Å². The molecule has 0 spiro atoms. The molecule has 0 amide bonds. The fourth-order valence-corrected chi connectivity index (χ4v) is 2.24. The Labute approximate surface area is 177 Å². The van der Waals surface area contributed by atoms with E-state index in [2.05, 4.69) is 31.8 Å². The van der Waals surface area contributed by atoms with Crippen LogP contribution in [0.4, 0.5) is 0 Å². The summed E-state index contributed by atoms with van der Waals surface area (Å²) in [5.41, 5.74) is 2.15. The normalized spacial score (nSPS) is 11.0. The lowest BCUT2D eigenvalue weighted by Gasteiger charge is -2.13. The van der Waals surface area contributed by atoms with E-state index in [-0.39, 0.29) is 24.0 Å². The van der Waals surface area contributed by atoms with Gasteiger partial charge in [-0.3, -0.25) is 0 Å². The predicted octanol–water partition coefficient (Wildman–Crippen LogP) is 2.58. The number of benzene rings is 1. The highest BCUT2D eigenvalue weighted by atomic mass is 127. The second-order valence-corrected chi connectivity index (χ2v) is 5.74. The summed E-state index contributed by atoms with van der Waals surface area (Å²) >= 11 is 0. The van der Waals surface area contributed by atoms with E-state index >= 15 is 0 Å². The first-order valence-corrected chi connectivity index (χ1v) is 8.65. The maximum absolute atomic E-state index is 5.81. The molecule has 0 atom stereocenters. The molecule has 0 radical (unpaired) electrons. The van der Waals surface area contributed by atoms with Gasteiger partial charge in [-0.25, -0.2) is 4.99 Å². The number of ether oxygens (including phenoxy) is 2. The summed E-state index contributed by atoms with van der Waals surface area (Å²) in [6.45, 7) is 8.54. The number of rotatable bonds is 9. The van der Waals surface area contributed by atoms with E-state index < -0.39 is 0 Å². The minimum Gasteiger partial charge on any atom is -0.491 e. The van der Waals surface area contributed by atoms with Crippen LogP contribution in [-0.2, 0) is 17.8 Å². The van der Waals surface area contributed by atoms with Crippen LogP contribution in [-0.4, -0.2) is 43.0 Å². The lowest BCUT2D eigenvalue weighted by atomic mass is 10.1. The number of guanidine groups is 1. The summed E-state index contributed by atoms with van der Waals surface area (Å²) in [7, 11) is 1.66. The molecule has 9 heteroatoms. The maximum Gasteiger partial charge on any atom is 0.246 e. The van der Waals surface area contributed by atoms with Gasteiger partial charge in [0.15, 0.2) is 11.8 Å². The molecular formula is C18H28IN5O3. The molecule has 0 aliphatic carbocycles. The summed E-state index contributed by atoms with van der Waals surface area (Å²) in [4.78, 5) is 8.79. The lowest BCUT2D eigenvalue weighted by molar-refractivity contribution is 0.145. The molecule has 0 saturated heterocycles. The number of halogens is 1. The average Bonchev–Trinajstić information content (AvgIpc) is 3.04. The van der Waals surface area contributed by atoms with Gasteiger partial charge in [0.2, 0.25) is 5.89 Å². The van der Waals surface area contributed by atoms with Crippen molar-refractivity contribution >= 4 is 29.9 Å². The molecule has 0 aliphatic heterocycles. The molecule has 2 aromatic rings. The molecule has 0 saturated carbocycles. The number of aromatic nitrogens is 2. The van der Waals surface area contributed by atoms with Crippen molar-refractivity contribution in [2.45, 2.75) is 33.9 Å². The van der Waals surface area contributed by atoms with Crippen LogP contribution in [0.5, 0.6) is 5.75 Å². The monoisotopic (exact) mass is 489 g/mol. The van der Waals surface area contributed by atoms with Crippen molar-refractivity contribution in [1.29, 1.82) is 0 Å². The van der Waals surface area contributed by atoms with Crippen molar-refractivity contribution in [3.63, 3.8) is 0 Å². The van der Waals surface area contributed by atoms with Gasteiger partial charge in [-0.15, -0.1) is 24.0 Å². The van der Waals surface area contributed by atoms with Crippen LogP contribution >= 0.6 is 24.0 Å². The van der Waals surface area contributed by atoms with E-state index in [0.29, 0.717) is 44.0 Å². The molecule has 1 aromatic carbocycles. The molecule has 1 aromatic heterocycles. The third-order valence-corrected chi connectivity index (χ3v) is 3.50. The van der Waals surface area contributed by atoms with Gasteiger partial charge in [0.25, 0.3) is 0 Å². The highest BCUT2D eigenvalue weighted by molar-refractivity contribution is 14.0. The minimum atomic E-state index is 0. The van der Waals surface area contributed by atoms with Crippen LogP contribution in [0.1, 0.15) is 29.8 Å². The maximum atomic E-state index is 5.81. The van der Waals surface area contributed by atoms with E-state index in [4.69, 9.17) is 14.0 Å². The van der Waals surface area contributed by atoms with Crippen LogP contribution in [0.15, 0.2) is 27.7 Å². The zero-order valence-corrected chi connectivity index (χ0v) is 18.6. The summed E-state index contributed by atoms with van der Waals surface area (Å²) < 4.78 is 16.0. The second-order valence-electron chi connectivity index (χ2n) is 5.74. The standard InChI is InChI=1S/C18H27N5O3.HI/c1-5-19-18(21-12-17-22-14(3)23-26-17)20-11-15-7-6-13(2)10-16(15)25-9-8-24-4;/h6-7,10H,5,8-9,11-12H2,1-4H3,(H2,19,20,21);1H. The summed E-state index contributed by atoms with van der Waals surface area (Å²) in [6, 6.07) is 6.10. The van der Waals surface area contributed by atoms with Crippen LogP contribution in [0, 0.1) is 13.8 Å². The minimum absolute atomic E-state index is 0. The molecule has 0 bridgehead atoms. The smallest absolute Gasteiger partial charge is 0.246 e. The van der Waals surface area contributed by atoms with Crippen LogP contribution in [0.2, 0.25) is 0 Å². The quantitative estimate of drug-likeness (QED) is 0.242.